The molecule has 0 aromatic heterocycles. The van der Waals surface area contributed by atoms with Crippen LogP contribution in [0.5, 0.6) is 0 Å². The first-order valence-electron chi connectivity index (χ1n) is 2.47. The number of rotatable bonds is 2. The Morgan fingerprint density at radius 2 is 1.56 bits per heavy atom. The number of hydrogen-bond acceptors (Lipinski definition) is 2. The van der Waals surface area contributed by atoms with E-state index >= 15 is 0 Å². The highest BCUT2D eigenvalue weighted by Crippen LogP contribution is 1.84. The van der Waals surface area contributed by atoms with Crippen LogP contribution in [0.1, 0.15) is 0 Å². The third-order valence-electron chi connectivity index (χ3n) is 0.771. The predicted octanol–water partition coefficient (Wildman–Crippen LogP) is -1.68. The molecule has 0 radical (unpaired) electrons. The highest BCUT2D eigenvalue weighted by atomic mass is 27.0. The van der Waals surface area contributed by atoms with E-state index in [0.29, 0.717) is 0 Å². The molecule has 0 aliphatic heterocycles. The van der Waals surface area contributed by atoms with Crippen LogP contribution in [-0.4, -0.2) is 66.7 Å². The summed E-state index contributed by atoms with van der Waals surface area (Å²) in [7, 11) is 6.16. The molecule has 0 saturated heterocycles. The largest absolute Gasteiger partial charge is 0.870 e. The standard InChI is InChI=1S/C5H14NO.Al.H2O.3H/c1-6(2,3)4-5-7;;;;;/h7H,4-5H2,1-3H3;;1H2;;;/q+1;;;;;/p-1. The second kappa shape index (κ2) is 6.53. The minimum Gasteiger partial charge on any atom is -0.870 e. The lowest BCUT2D eigenvalue weighted by molar-refractivity contribution is -0.870. The van der Waals surface area contributed by atoms with E-state index in [1.807, 2.05) is 0 Å². The van der Waals surface area contributed by atoms with Crippen LogP contribution in [0.15, 0.2) is 0 Å². The van der Waals surface area contributed by atoms with Gasteiger partial charge in [-0.25, -0.2) is 0 Å². The first-order valence-corrected chi connectivity index (χ1v) is 2.47. The number of nitrogens with zero attached hydrogens (tertiary/aromatic N) is 1. The van der Waals surface area contributed by atoms with Gasteiger partial charge in [-0.05, 0) is 0 Å². The summed E-state index contributed by atoms with van der Waals surface area (Å²) in [6.45, 7) is 1.11. The lowest BCUT2D eigenvalue weighted by Crippen LogP contribution is -2.36. The van der Waals surface area contributed by atoms with Gasteiger partial charge in [0.1, 0.15) is 6.54 Å². The van der Waals surface area contributed by atoms with E-state index in [1.165, 1.54) is 0 Å². The van der Waals surface area contributed by atoms with Gasteiger partial charge in [-0.15, -0.1) is 0 Å². The van der Waals surface area contributed by atoms with Crippen LogP contribution in [-0.2, 0) is 0 Å². The monoisotopic (exact) mass is 151 g/mol. The van der Waals surface area contributed by atoms with Gasteiger partial charge in [0, 0.05) is 0 Å². The van der Waals surface area contributed by atoms with E-state index < -0.39 is 0 Å². The minimum absolute atomic E-state index is 0. The summed E-state index contributed by atoms with van der Waals surface area (Å²) < 4.78 is 0.844. The number of quaternary nitrogens is 1. The highest BCUT2D eigenvalue weighted by Gasteiger charge is 2.02. The van der Waals surface area contributed by atoms with Crippen molar-refractivity contribution in [1.29, 1.82) is 0 Å². The minimum atomic E-state index is 0. The fraction of sp³-hybridized carbons (Fsp3) is 1.00. The van der Waals surface area contributed by atoms with Crippen molar-refractivity contribution in [2.75, 3.05) is 34.3 Å². The van der Waals surface area contributed by atoms with Gasteiger partial charge in [0.05, 0.1) is 27.7 Å². The lowest BCUT2D eigenvalue weighted by Gasteiger charge is -2.21. The van der Waals surface area contributed by atoms with Crippen LogP contribution in [0.25, 0.3) is 0 Å². The zero-order chi connectivity index (χ0) is 5.91. The van der Waals surface area contributed by atoms with Crippen molar-refractivity contribution in [2.45, 2.75) is 0 Å². The third-order valence-corrected chi connectivity index (χ3v) is 0.771. The van der Waals surface area contributed by atoms with Crippen LogP contribution >= 0.6 is 0 Å². The van der Waals surface area contributed by atoms with E-state index in [-0.39, 0.29) is 29.4 Å². The van der Waals surface area contributed by atoms with Crippen molar-refractivity contribution in [3.63, 3.8) is 0 Å². The molecule has 0 fully saturated rings. The molecule has 0 unspecified atom stereocenters. The average molecular weight is 151 g/mol. The Bertz CT molecular complexity index is 53.4. The number of aliphatic hydroxyl groups excluding tert-OH is 1. The summed E-state index contributed by atoms with van der Waals surface area (Å²) in [6.07, 6.45) is 0. The maximum Gasteiger partial charge on any atom is 0.187 e. The van der Waals surface area contributed by atoms with Crippen molar-refractivity contribution in [3.05, 3.63) is 0 Å². The van der Waals surface area contributed by atoms with Crippen LogP contribution < -0.4 is 0 Å². The Morgan fingerprint density at radius 1 is 1.22 bits per heavy atom. The van der Waals surface area contributed by atoms with Crippen LogP contribution in [0, 0.1) is 0 Å². The molecule has 0 atom stereocenters. The molecule has 0 bridgehead atoms. The van der Waals surface area contributed by atoms with Crippen molar-refractivity contribution in [1.82, 2.24) is 0 Å². The summed E-state index contributed by atoms with van der Waals surface area (Å²) in [5, 5.41) is 8.39. The van der Waals surface area contributed by atoms with Gasteiger partial charge in [-0.1, -0.05) is 0 Å². The summed E-state index contributed by atoms with van der Waals surface area (Å²) in [6, 6.07) is 0. The molecule has 4 heteroatoms. The van der Waals surface area contributed by atoms with Crippen molar-refractivity contribution in [3.8, 4) is 0 Å². The molecule has 0 spiro atoms. The molecule has 0 aromatic rings. The summed E-state index contributed by atoms with van der Waals surface area (Å²) in [5.41, 5.74) is 0. The summed E-state index contributed by atoms with van der Waals surface area (Å²) in [4.78, 5) is 0. The van der Waals surface area contributed by atoms with Gasteiger partial charge in [-0.3, -0.25) is 0 Å². The molecule has 0 amide bonds. The number of hydrogen-bond donors (Lipinski definition) is 1. The van der Waals surface area contributed by atoms with Crippen molar-refractivity contribution in [2.24, 2.45) is 0 Å². The SMILES string of the molecule is C[N+](C)(C)CCO.[AlH3].[OH-]. The zero-order valence-electron chi connectivity index (χ0n) is 5.76. The third kappa shape index (κ3) is 17.8. The molecule has 0 saturated carbocycles. The van der Waals surface area contributed by atoms with Crippen molar-refractivity contribution >= 4 is 17.4 Å². The zero-order valence-corrected chi connectivity index (χ0v) is 5.76. The fourth-order valence-corrected chi connectivity index (χ4v) is 0.300. The van der Waals surface area contributed by atoms with Crippen LogP contribution in [0.4, 0.5) is 0 Å². The topological polar surface area (TPSA) is 50.2 Å². The Morgan fingerprint density at radius 3 is 1.56 bits per heavy atom. The van der Waals surface area contributed by atoms with Gasteiger partial charge in [0.2, 0.25) is 0 Å². The Kier molecular flexibility index (Phi) is 11.8. The summed E-state index contributed by atoms with van der Waals surface area (Å²) in [5.74, 6) is 0. The predicted molar refractivity (Wildman–Crippen MR) is 41.9 cm³/mol. The lowest BCUT2D eigenvalue weighted by atomic mass is 10.5. The molecule has 0 aromatic carbocycles. The van der Waals surface area contributed by atoms with E-state index in [9.17, 15) is 0 Å². The van der Waals surface area contributed by atoms with Crippen molar-refractivity contribution < 1.29 is 15.1 Å². The average Bonchev–Trinajstić information content (AvgIpc) is 1.30. The highest BCUT2D eigenvalue weighted by molar-refractivity contribution is 5.75. The van der Waals surface area contributed by atoms with E-state index in [4.69, 9.17) is 5.11 Å². The second-order valence-electron chi connectivity index (χ2n) is 2.74. The molecule has 0 rings (SSSR count). The van der Waals surface area contributed by atoms with Crippen LogP contribution in [0.2, 0.25) is 0 Å². The number of likely N-dealkylation sites (N-methyl/N-ethyl adjacent to an activating group) is 1. The maximum atomic E-state index is 8.39. The molecule has 9 heavy (non-hydrogen) atoms. The molecule has 0 heterocycles. The van der Waals surface area contributed by atoms with Crippen LogP contribution in [0.3, 0.4) is 0 Å². The Labute approximate surface area is 67.3 Å². The molecule has 0 aliphatic carbocycles. The Hall–Kier alpha value is 0.412. The maximum absolute atomic E-state index is 8.39. The molecule has 3 nitrogen and oxygen atoms in total. The Balaban J connectivity index is -0.000000180. The first-order chi connectivity index (χ1) is 3.06. The normalized spacial score (nSPS) is 9.33. The van der Waals surface area contributed by atoms with Gasteiger partial charge < -0.3 is 15.1 Å². The molecular formula is C5H18AlNO2. The van der Waals surface area contributed by atoms with Gasteiger partial charge in [0.25, 0.3) is 0 Å². The quantitative estimate of drug-likeness (QED) is 0.379. The van der Waals surface area contributed by atoms with Gasteiger partial charge in [0.15, 0.2) is 17.4 Å². The van der Waals surface area contributed by atoms with E-state index in [1.54, 1.807) is 0 Å². The van der Waals surface area contributed by atoms with Gasteiger partial charge >= 0.3 is 0 Å². The number of aliphatic hydroxyl groups is 1. The fourth-order valence-electron chi connectivity index (χ4n) is 0.300. The molecule has 0 aliphatic rings. The smallest absolute Gasteiger partial charge is 0.187 e. The first kappa shape index (κ1) is 16.2. The molecule has 58 valence electrons. The second-order valence-corrected chi connectivity index (χ2v) is 2.74. The van der Waals surface area contributed by atoms with E-state index in [0.717, 1.165) is 11.0 Å². The summed E-state index contributed by atoms with van der Waals surface area (Å²) >= 11 is 0. The van der Waals surface area contributed by atoms with Gasteiger partial charge in [-0.2, -0.15) is 0 Å². The van der Waals surface area contributed by atoms with E-state index in [2.05, 4.69) is 21.1 Å². The molecule has 2 N–H and O–H groups in total. The molecular weight excluding hydrogens is 133 g/mol.